The molecule has 172 valence electrons. The van der Waals surface area contributed by atoms with Crippen molar-refractivity contribution < 1.29 is 32.7 Å². The van der Waals surface area contributed by atoms with Gasteiger partial charge >= 0.3 is 12.1 Å². The molecular formula is C22H19F3N4O4. The quantitative estimate of drug-likeness (QED) is 0.477. The van der Waals surface area contributed by atoms with Gasteiger partial charge in [0.2, 0.25) is 0 Å². The van der Waals surface area contributed by atoms with E-state index >= 15 is 0 Å². The molecule has 4 N–H and O–H groups in total. The van der Waals surface area contributed by atoms with Gasteiger partial charge in [-0.05, 0) is 23.8 Å². The molecule has 33 heavy (non-hydrogen) atoms. The minimum atomic E-state index is -5.08. The van der Waals surface area contributed by atoms with Gasteiger partial charge in [-0.15, -0.1) is 0 Å². The van der Waals surface area contributed by atoms with E-state index in [1.54, 1.807) is 12.3 Å². The number of H-pyrrole nitrogens is 1. The SMILES string of the molecule is O=C(NCc1ccccc1)c1cc(-c2cc3c([nH]2)CCNC3=O)ccn1.O=C(O)C(F)(F)F. The second-order valence-corrected chi connectivity index (χ2v) is 6.98. The number of aromatic amines is 1. The van der Waals surface area contributed by atoms with Crippen molar-refractivity contribution in [1.82, 2.24) is 20.6 Å². The number of carbonyl (C=O) groups is 3. The lowest BCUT2D eigenvalue weighted by molar-refractivity contribution is -0.192. The number of aromatic nitrogens is 2. The standard InChI is InChI=1S/C20H18N4O2.C2HF3O2/c25-19-15-11-17(24-16(15)7-9-22-19)14-6-8-21-18(10-14)20(26)23-12-13-4-2-1-3-5-13;3-2(4,5)1(6)7/h1-6,8,10-11,24H,7,9,12H2,(H,22,25)(H,23,26);(H,6,7). The fourth-order valence-electron chi connectivity index (χ4n) is 3.04. The number of benzene rings is 1. The number of nitrogens with zero attached hydrogens (tertiary/aromatic N) is 1. The summed E-state index contributed by atoms with van der Waals surface area (Å²) in [5.74, 6) is -3.05. The van der Waals surface area contributed by atoms with Crippen molar-refractivity contribution in [1.29, 1.82) is 0 Å². The summed E-state index contributed by atoms with van der Waals surface area (Å²) in [6, 6.07) is 15.1. The molecule has 8 nitrogen and oxygen atoms in total. The second kappa shape index (κ2) is 9.98. The fourth-order valence-corrected chi connectivity index (χ4v) is 3.04. The number of aliphatic carboxylic acids is 1. The predicted octanol–water partition coefficient (Wildman–Crippen LogP) is 2.93. The van der Waals surface area contributed by atoms with Crippen molar-refractivity contribution in [2.45, 2.75) is 19.1 Å². The van der Waals surface area contributed by atoms with E-state index in [-0.39, 0.29) is 11.8 Å². The Bertz CT molecular complexity index is 1160. The number of alkyl halides is 3. The molecule has 0 spiro atoms. The van der Waals surface area contributed by atoms with Crippen LogP contribution in [0.15, 0.2) is 54.7 Å². The molecule has 2 amide bonds. The Morgan fingerprint density at radius 1 is 1.12 bits per heavy atom. The highest BCUT2D eigenvalue weighted by molar-refractivity contribution is 5.98. The van der Waals surface area contributed by atoms with Crippen molar-refractivity contribution in [3.63, 3.8) is 0 Å². The third-order valence-electron chi connectivity index (χ3n) is 4.65. The molecule has 0 saturated heterocycles. The molecule has 0 aliphatic carbocycles. The van der Waals surface area contributed by atoms with E-state index in [1.807, 2.05) is 42.5 Å². The van der Waals surface area contributed by atoms with Crippen molar-refractivity contribution in [2.24, 2.45) is 0 Å². The summed E-state index contributed by atoms with van der Waals surface area (Å²) in [4.78, 5) is 40.7. The van der Waals surface area contributed by atoms with E-state index in [9.17, 15) is 22.8 Å². The lowest BCUT2D eigenvalue weighted by Gasteiger charge is -2.10. The number of hydrogen-bond donors (Lipinski definition) is 4. The summed E-state index contributed by atoms with van der Waals surface area (Å²) in [5, 5.41) is 12.8. The largest absolute Gasteiger partial charge is 0.490 e. The third-order valence-corrected chi connectivity index (χ3v) is 4.65. The molecule has 1 aliphatic heterocycles. The number of fused-ring (bicyclic) bond motifs is 1. The molecule has 3 aromatic rings. The number of halogens is 3. The molecule has 0 radical (unpaired) electrons. The van der Waals surface area contributed by atoms with Crippen LogP contribution in [-0.4, -0.2) is 45.6 Å². The monoisotopic (exact) mass is 460 g/mol. The second-order valence-electron chi connectivity index (χ2n) is 6.98. The Kier molecular flexibility index (Phi) is 7.11. The van der Waals surface area contributed by atoms with Crippen LogP contribution < -0.4 is 10.6 Å². The maximum Gasteiger partial charge on any atom is 0.490 e. The number of hydrogen-bond acceptors (Lipinski definition) is 4. The number of nitrogens with one attached hydrogen (secondary N) is 3. The van der Waals surface area contributed by atoms with Crippen molar-refractivity contribution in [3.8, 4) is 11.3 Å². The van der Waals surface area contributed by atoms with Gasteiger partial charge < -0.3 is 20.7 Å². The van der Waals surface area contributed by atoms with Crippen molar-refractivity contribution in [2.75, 3.05) is 6.54 Å². The van der Waals surface area contributed by atoms with E-state index in [0.717, 1.165) is 28.9 Å². The molecule has 1 aromatic carbocycles. The first-order valence-corrected chi connectivity index (χ1v) is 9.74. The lowest BCUT2D eigenvalue weighted by atomic mass is 10.1. The van der Waals surface area contributed by atoms with Gasteiger partial charge in [-0.2, -0.15) is 13.2 Å². The molecule has 2 aromatic heterocycles. The van der Waals surface area contributed by atoms with Crippen LogP contribution in [0.4, 0.5) is 13.2 Å². The number of amides is 2. The minimum absolute atomic E-state index is 0.0661. The van der Waals surface area contributed by atoms with Crippen LogP contribution in [0.1, 0.15) is 32.1 Å². The molecule has 1 aliphatic rings. The number of carbonyl (C=O) groups excluding carboxylic acids is 2. The van der Waals surface area contributed by atoms with Crippen LogP contribution >= 0.6 is 0 Å². The van der Waals surface area contributed by atoms with Gasteiger partial charge in [0.25, 0.3) is 11.8 Å². The minimum Gasteiger partial charge on any atom is -0.475 e. The zero-order valence-corrected chi connectivity index (χ0v) is 17.1. The Hall–Kier alpha value is -4.15. The van der Waals surface area contributed by atoms with Crippen LogP contribution in [0.25, 0.3) is 11.3 Å². The Morgan fingerprint density at radius 2 is 1.82 bits per heavy atom. The summed E-state index contributed by atoms with van der Waals surface area (Å²) < 4.78 is 31.7. The van der Waals surface area contributed by atoms with Crippen LogP contribution in [-0.2, 0) is 17.8 Å². The summed E-state index contributed by atoms with van der Waals surface area (Å²) in [6.07, 6.45) is -2.71. The highest BCUT2D eigenvalue weighted by atomic mass is 19.4. The first-order chi connectivity index (χ1) is 15.6. The molecule has 0 bridgehead atoms. The molecule has 4 rings (SSSR count). The van der Waals surface area contributed by atoms with E-state index in [4.69, 9.17) is 9.90 Å². The molecule has 11 heteroatoms. The van der Waals surface area contributed by atoms with Gasteiger partial charge in [0.05, 0.1) is 5.56 Å². The Labute approximate surface area is 185 Å². The average Bonchev–Trinajstić information content (AvgIpc) is 3.24. The smallest absolute Gasteiger partial charge is 0.475 e. The highest BCUT2D eigenvalue weighted by Gasteiger charge is 2.38. The first-order valence-electron chi connectivity index (χ1n) is 9.74. The maximum atomic E-state index is 12.4. The molecule has 0 unspecified atom stereocenters. The van der Waals surface area contributed by atoms with Gasteiger partial charge in [0.1, 0.15) is 5.69 Å². The molecule has 3 heterocycles. The summed E-state index contributed by atoms with van der Waals surface area (Å²) >= 11 is 0. The zero-order valence-electron chi connectivity index (χ0n) is 17.1. The normalized spacial score (nSPS) is 12.6. The fraction of sp³-hybridized carbons (Fsp3) is 0.182. The number of carboxylic acid groups (broad SMARTS) is 1. The zero-order chi connectivity index (χ0) is 24.0. The molecule has 0 fully saturated rings. The van der Waals surface area contributed by atoms with E-state index in [1.165, 1.54) is 0 Å². The first kappa shape index (κ1) is 23.5. The van der Waals surface area contributed by atoms with Crippen molar-refractivity contribution in [3.05, 3.63) is 77.2 Å². The Morgan fingerprint density at radius 3 is 2.45 bits per heavy atom. The summed E-state index contributed by atoms with van der Waals surface area (Å²) in [7, 11) is 0. The van der Waals surface area contributed by atoms with Crippen molar-refractivity contribution >= 4 is 17.8 Å². The van der Waals surface area contributed by atoms with Crippen LogP contribution in [0.2, 0.25) is 0 Å². The summed E-state index contributed by atoms with van der Waals surface area (Å²) in [5.41, 5.74) is 4.60. The topological polar surface area (TPSA) is 124 Å². The van der Waals surface area contributed by atoms with Gasteiger partial charge in [-0.25, -0.2) is 4.79 Å². The maximum absolute atomic E-state index is 12.4. The lowest BCUT2D eigenvalue weighted by Crippen LogP contribution is -2.31. The molecule has 0 atom stereocenters. The molecule has 0 saturated carbocycles. The van der Waals surface area contributed by atoms with Crippen LogP contribution in [0.3, 0.4) is 0 Å². The van der Waals surface area contributed by atoms with E-state index in [2.05, 4.69) is 20.6 Å². The average molecular weight is 460 g/mol. The van der Waals surface area contributed by atoms with E-state index < -0.39 is 12.1 Å². The van der Waals surface area contributed by atoms with Gasteiger partial charge in [-0.1, -0.05) is 30.3 Å². The Balaban J connectivity index is 0.000000383. The van der Waals surface area contributed by atoms with Gasteiger partial charge in [-0.3, -0.25) is 14.6 Å². The highest BCUT2D eigenvalue weighted by Crippen LogP contribution is 2.24. The summed E-state index contributed by atoms with van der Waals surface area (Å²) in [6.45, 7) is 1.08. The third kappa shape index (κ3) is 6.19. The van der Waals surface area contributed by atoms with E-state index in [0.29, 0.717) is 24.3 Å². The van der Waals surface area contributed by atoms with Gasteiger partial charge in [0, 0.05) is 42.7 Å². The van der Waals surface area contributed by atoms with Crippen LogP contribution in [0, 0.1) is 0 Å². The van der Waals surface area contributed by atoms with Gasteiger partial charge in [0.15, 0.2) is 0 Å². The number of rotatable bonds is 4. The molecular weight excluding hydrogens is 441 g/mol. The van der Waals surface area contributed by atoms with Crippen LogP contribution in [0.5, 0.6) is 0 Å². The predicted molar refractivity (Wildman–Crippen MR) is 111 cm³/mol. The number of carboxylic acids is 1. The number of pyridine rings is 1.